The van der Waals surface area contributed by atoms with Gasteiger partial charge in [-0.05, 0) is 54.8 Å². The molecule has 4 rings (SSSR count). The van der Waals surface area contributed by atoms with Gasteiger partial charge in [0.25, 0.3) is 5.91 Å². The van der Waals surface area contributed by atoms with E-state index in [4.69, 9.17) is 16.0 Å². The Morgan fingerprint density at radius 1 is 1.22 bits per heavy atom. The average Bonchev–Trinajstić information content (AvgIpc) is 3.21. The van der Waals surface area contributed by atoms with Crippen LogP contribution in [0.25, 0.3) is 11.0 Å². The zero-order chi connectivity index (χ0) is 15.8. The average molecular weight is 327 g/mol. The lowest BCUT2D eigenvalue weighted by Gasteiger charge is -2.24. The predicted octanol–water partition coefficient (Wildman–Crippen LogP) is 4.46. The molecule has 0 radical (unpaired) electrons. The van der Waals surface area contributed by atoms with E-state index in [2.05, 4.69) is 4.98 Å². The maximum absolute atomic E-state index is 12.9. The molecule has 0 N–H and O–H groups in total. The largest absolute Gasteiger partial charge is 0.451 e. The number of carbonyl (C=O) groups excluding carboxylic acids is 1. The number of amides is 1. The summed E-state index contributed by atoms with van der Waals surface area (Å²) in [7, 11) is 0. The highest BCUT2D eigenvalue weighted by atomic mass is 35.5. The summed E-state index contributed by atoms with van der Waals surface area (Å²) in [6.07, 6.45) is 5.48. The van der Waals surface area contributed by atoms with E-state index >= 15 is 0 Å². The molecule has 0 spiro atoms. The van der Waals surface area contributed by atoms with Crippen LogP contribution in [0, 0.1) is 0 Å². The van der Waals surface area contributed by atoms with E-state index in [1.54, 1.807) is 30.6 Å². The molecule has 2 aromatic heterocycles. The maximum Gasteiger partial charge on any atom is 0.290 e. The first-order chi connectivity index (χ1) is 11.2. The molecule has 1 aliphatic rings. The molecule has 1 atom stereocenters. The molecule has 1 fully saturated rings. The van der Waals surface area contributed by atoms with Crippen LogP contribution in [0.1, 0.15) is 35.0 Å². The number of pyridine rings is 1. The molecule has 116 valence electrons. The number of likely N-dealkylation sites (tertiary alicyclic amines) is 1. The number of nitrogens with zero attached hydrogens (tertiary/aromatic N) is 2. The summed E-state index contributed by atoms with van der Waals surface area (Å²) in [5, 5.41) is 1.48. The molecule has 0 saturated carbocycles. The van der Waals surface area contributed by atoms with Crippen LogP contribution in [-0.4, -0.2) is 22.3 Å². The summed E-state index contributed by atoms with van der Waals surface area (Å²) in [5.74, 6) is 0.292. The molecule has 1 aromatic carbocycles. The van der Waals surface area contributed by atoms with E-state index in [9.17, 15) is 4.79 Å². The van der Waals surface area contributed by atoms with Gasteiger partial charge in [0.05, 0.1) is 6.04 Å². The topological polar surface area (TPSA) is 46.3 Å². The normalized spacial score (nSPS) is 17.8. The van der Waals surface area contributed by atoms with Gasteiger partial charge in [-0.1, -0.05) is 11.6 Å². The lowest BCUT2D eigenvalue weighted by Crippen LogP contribution is -2.30. The summed E-state index contributed by atoms with van der Waals surface area (Å²) in [6, 6.07) is 11.1. The van der Waals surface area contributed by atoms with Gasteiger partial charge < -0.3 is 9.32 Å². The number of carbonyl (C=O) groups is 1. The highest BCUT2D eigenvalue weighted by Crippen LogP contribution is 2.34. The zero-order valence-corrected chi connectivity index (χ0v) is 13.2. The lowest BCUT2D eigenvalue weighted by atomic mass is 10.1. The van der Waals surface area contributed by atoms with E-state index in [0.29, 0.717) is 16.4 Å². The number of halogens is 1. The fourth-order valence-corrected chi connectivity index (χ4v) is 3.38. The number of aromatic nitrogens is 1. The SMILES string of the molecule is O=C(c1cc2cc(Cl)ccc2o1)N1CCCC1c1ccncc1. The molecular formula is C18H15ClN2O2. The van der Waals surface area contributed by atoms with Crippen molar-refractivity contribution in [3.8, 4) is 0 Å². The van der Waals surface area contributed by atoms with E-state index < -0.39 is 0 Å². The van der Waals surface area contributed by atoms with Gasteiger partial charge in [0.1, 0.15) is 5.58 Å². The van der Waals surface area contributed by atoms with Crippen LogP contribution in [0.5, 0.6) is 0 Å². The van der Waals surface area contributed by atoms with Crippen molar-refractivity contribution in [1.82, 2.24) is 9.88 Å². The minimum atomic E-state index is -0.0726. The van der Waals surface area contributed by atoms with Crippen LogP contribution in [-0.2, 0) is 0 Å². The van der Waals surface area contributed by atoms with Crippen LogP contribution >= 0.6 is 11.6 Å². The summed E-state index contributed by atoms with van der Waals surface area (Å²) < 4.78 is 5.72. The quantitative estimate of drug-likeness (QED) is 0.698. The van der Waals surface area contributed by atoms with Crippen LogP contribution in [0.15, 0.2) is 53.2 Å². The third-order valence-corrected chi connectivity index (χ3v) is 4.53. The lowest BCUT2D eigenvalue weighted by molar-refractivity contribution is 0.0705. The summed E-state index contributed by atoms with van der Waals surface area (Å²) >= 11 is 5.99. The van der Waals surface area contributed by atoms with Gasteiger partial charge in [-0.25, -0.2) is 0 Å². The van der Waals surface area contributed by atoms with Crippen LogP contribution in [0.3, 0.4) is 0 Å². The Hall–Kier alpha value is -2.33. The molecule has 1 unspecified atom stereocenters. The van der Waals surface area contributed by atoms with Gasteiger partial charge in [0.15, 0.2) is 5.76 Å². The van der Waals surface area contributed by atoms with Crippen molar-refractivity contribution in [2.24, 2.45) is 0 Å². The Bertz CT molecular complexity index is 860. The summed E-state index contributed by atoms with van der Waals surface area (Å²) in [4.78, 5) is 18.8. The van der Waals surface area contributed by atoms with Crippen LogP contribution in [0.4, 0.5) is 0 Å². The van der Waals surface area contributed by atoms with Gasteiger partial charge >= 0.3 is 0 Å². The molecule has 3 heterocycles. The van der Waals surface area contributed by atoms with Gasteiger partial charge in [-0.15, -0.1) is 0 Å². The van der Waals surface area contributed by atoms with Crippen LogP contribution < -0.4 is 0 Å². The second-order valence-electron chi connectivity index (χ2n) is 5.73. The van der Waals surface area contributed by atoms with Crippen molar-refractivity contribution in [1.29, 1.82) is 0 Å². The first-order valence-electron chi connectivity index (χ1n) is 7.62. The van der Waals surface area contributed by atoms with Crippen LogP contribution in [0.2, 0.25) is 5.02 Å². The van der Waals surface area contributed by atoms with Gasteiger partial charge in [-0.3, -0.25) is 9.78 Å². The number of rotatable bonds is 2. The number of hydrogen-bond acceptors (Lipinski definition) is 3. The molecule has 1 saturated heterocycles. The minimum absolute atomic E-state index is 0.0726. The van der Waals surface area contributed by atoms with Crippen molar-refractivity contribution >= 4 is 28.5 Å². The number of benzene rings is 1. The Morgan fingerprint density at radius 3 is 2.87 bits per heavy atom. The van der Waals surface area contributed by atoms with Gasteiger partial charge in [0, 0.05) is 29.3 Å². The number of fused-ring (bicyclic) bond motifs is 1. The molecule has 1 aliphatic heterocycles. The number of hydrogen-bond donors (Lipinski definition) is 0. The monoisotopic (exact) mass is 326 g/mol. The first kappa shape index (κ1) is 14.3. The highest BCUT2D eigenvalue weighted by molar-refractivity contribution is 6.31. The first-order valence-corrected chi connectivity index (χ1v) is 8.00. The fraction of sp³-hybridized carbons (Fsp3) is 0.222. The summed E-state index contributed by atoms with van der Waals surface area (Å²) in [6.45, 7) is 0.740. The van der Waals surface area contributed by atoms with E-state index in [1.807, 2.05) is 23.1 Å². The molecule has 1 amide bonds. The standard InChI is InChI=1S/C18H15ClN2O2/c19-14-3-4-16-13(10-14)11-17(23-16)18(22)21-9-1-2-15(21)12-5-7-20-8-6-12/h3-8,10-11,15H,1-2,9H2. The predicted molar refractivity (Wildman–Crippen MR) is 88.5 cm³/mol. The molecular weight excluding hydrogens is 312 g/mol. The summed E-state index contributed by atoms with van der Waals surface area (Å²) in [5.41, 5.74) is 1.79. The Morgan fingerprint density at radius 2 is 2.04 bits per heavy atom. The zero-order valence-electron chi connectivity index (χ0n) is 12.4. The van der Waals surface area contributed by atoms with Gasteiger partial charge in [0.2, 0.25) is 0 Å². The molecule has 3 aromatic rings. The van der Waals surface area contributed by atoms with Gasteiger partial charge in [-0.2, -0.15) is 0 Å². The molecule has 23 heavy (non-hydrogen) atoms. The third kappa shape index (κ3) is 2.59. The number of furan rings is 1. The Labute approximate surface area is 138 Å². The van der Waals surface area contributed by atoms with Crippen molar-refractivity contribution in [3.63, 3.8) is 0 Å². The molecule has 5 heteroatoms. The fourth-order valence-electron chi connectivity index (χ4n) is 3.20. The molecule has 0 aliphatic carbocycles. The highest BCUT2D eigenvalue weighted by Gasteiger charge is 2.32. The molecule has 0 bridgehead atoms. The van der Waals surface area contributed by atoms with Crippen molar-refractivity contribution in [3.05, 3.63) is 65.1 Å². The second-order valence-corrected chi connectivity index (χ2v) is 6.17. The van der Waals surface area contributed by atoms with Crippen molar-refractivity contribution in [2.75, 3.05) is 6.54 Å². The van der Waals surface area contributed by atoms with E-state index in [-0.39, 0.29) is 11.9 Å². The minimum Gasteiger partial charge on any atom is -0.451 e. The second kappa shape index (κ2) is 5.70. The third-order valence-electron chi connectivity index (χ3n) is 4.29. The van der Waals surface area contributed by atoms with Crippen molar-refractivity contribution < 1.29 is 9.21 Å². The smallest absolute Gasteiger partial charge is 0.290 e. The Kier molecular flexibility index (Phi) is 3.54. The van der Waals surface area contributed by atoms with Crippen molar-refractivity contribution in [2.45, 2.75) is 18.9 Å². The van der Waals surface area contributed by atoms with E-state index in [1.165, 1.54) is 0 Å². The molecule has 4 nitrogen and oxygen atoms in total. The van der Waals surface area contributed by atoms with E-state index in [0.717, 1.165) is 30.3 Å². The Balaban J connectivity index is 1.66. The maximum atomic E-state index is 12.9.